The van der Waals surface area contributed by atoms with E-state index in [0.717, 1.165) is 5.69 Å². The number of nitrogens with zero attached hydrogens (tertiary/aromatic N) is 1. The number of hydrogen-bond donors (Lipinski definition) is 1. The Labute approximate surface area is 147 Å². The van der Waals surface area contributed by atoms with E-state index in [2.05, 4.69) is 10.3 Å². The molecule has 24 heavy (non-hydrogen) atoms. The lowest BCUT2D eigenvalue weighted by atomic mass is 10.1. The number of carbonyl (C=O) groups is 1. The zero-order valence-electron chi connectivity index (χ0n) is 14.2. The first-order chi connectivity index (χ1) is 11.4. The quantitative estimate of drug-likeness (QED) is 0.843. The Morgan fingerprint density at radius 2 is 2.08 bits per heavy atom. The number of benzene rings is 1. The summed E-state index contributed by atoms with van der Waals surface area (Å²) in [6.45, 7) is 6.44. The average molecular weight is 349 g/mol. The normalized spacial score (nSPS) is 10.6. The van der Waals surface area contributed by atoms with Gasteiger partial charge in [-0.1, -0.05) is 31.5 Å². The first-order valence-electron chi connectivity index (χ1n) is 7.66. The number of rotatable bonds is 6. The molecule has 0 aliphatic carbocycles. The summed E-state index contributed by atoms with van der Waals surface area (Å²) in [6, 6.07) is 8.58. The molecule has 1 amide bonds. The molecule has 0 aliphatic heterocycles. The molecule has 1 N–H and O–H groups in total. The minimum absolute atomic E-state index is 0.316. The van der Waals surface area contributed by atoms with E-state index in [1.807, 2.05) is 32.9 Å². The predicted molar refractivity (Wildman–Crippen MR) is 95.3 cm³/mol. The van der Waals surface area contributed by atoms with Crippen LogP contribution in [-0.4, -0.2) is 24.6 Å². The van der Waals surface area contributed by atoms with Gasteiger partial charge in [0.2, 0.25) is 0 Å². The Morgan fingerprint density at radius 1 is 1.33 bits per heavy atom. The Morgan fingerprint density at radius 3 is 2.71 bits per heavy atom. The third kappa shape index (κ3) is 4.61. The van der Waals surface area contributed by atoms with Gasteiger partial charge in [0.05, 0.1) is 18.7 Å². The summed E-state index contributed by atoms with van der Waals surface area (Å²) >= 11 is 6.27. The molecule has 0 unspecified atom stereocenters. The van der Waals surface area contributed by atoms with E-state index >= 15 is 0 Å². The van der Waals surface area contributed by atoms with Crippen LogP contribution in [0.2, 0.25) is 5.02 Å². The Hall–Kier alpha value is -2.27. The molecule has 0 spiro atoms. The highest BCUT2D eigenvalue weighted by atomic mass is 35.5. The maximum atomic E-state index is 12.4. The molecule has 2 aromatic rings. The van der Waals surface area contributed by atoms with Crippen LogP contribution in [0.3, 0.4) is 0 Å². The molecule has 128 valence electrons. The van der Waals surface area contributed by atoms with Crippen LogP contribution in [0, 0.1) is 12.8 Å². The van der Waals surface area contributed by atoms with Gasteiger partial charge in [-0.25, -0.2) is 4.98 Å². The number of aryl methyl sites for hydroxylation is 1. The lowest BCUT2D eigenvalue weighted by Crippen LogP contribution is -2.14. The summed E-state index contributed by atoms with van der Waals surface area (Å²) in [5, 5.41) is 3.07. The number of pyridine rings is 1. The third-order valence-corrected chi connectivity index (χ3v) is 3.46. The van der Waals surface area contributed by atoms with Gasteiger partial charge in [-0.15, -0.1) is 0 Å². The van der Waals surface area contributed by atoms with Gasteiger partial charge in [-0.2, -0.15) is 0 Å². The molecule has 1 heterocycles. The fourth-order valence-corrected chi connectivity index (χ4v) is 2.31. The van der Waals surface area contributed by atoms with E-state index in [9.17, 15) is 4.79 Å². The van der Waals surface area contributed by atoms with Crippen LogP contribution in [0.25, 0.3) is 0 Å². The number of aromatic nitrogens is 1. The van der Waals surface area contributed by atoms with Crippen LogP contribution in [-0.2, 0) is 0 Å². The van der Waals surface area contributed by atoms with Crippen LogP contribution in [0.1, 0.15) is 29.9 Å². The summed E-state index contributed by atoms with van der Waals surface area (Å²) in [5.41, 5.74) is 1.19. The van der Waals surface area contributed by atoms with Crippen molar-refractivity contribution < 1.29 is 14.3 Å². The lowest BCUT2D eigenvalue weighted by Gasteiger charge is -2.15. The van der Waals surface area contributed by atoms with Crippen molar-refractivity contribution >= 4 is 23.3 Å². The molecule has 0 bridgehead atoms. The number of hydrogen-bond acceptors (Lipinski definition) is 4. The zero-order valence-corrected chi connectivity index (χ0v) is 15.0. The molecule has 2 rings (SSSR count). The maximum absolute atomic E-state index is 12.4. The average Bonchev–Trinajstić information content (AvgIpc) is 2.52. The third-order valence-electron chi connectivity index (χ3n) is 3.18. The van der Waals surface area contributed by atoms with Gasteiger partial charge in [0, 0.05) is 11.3 Å². The van der Waals surface area contributed by atoms with Crippen LogP contribution in [0.5, 0.6) is 11.5 Å². The van der Waals surface area contributed by atoms with E-state index in [1.54, 1.807) is 18.2 Å². The summed E-state index contributed by atoms with van der Waals surface area (Å²) in [6.07, 6.45) is 0. The first kappa shape index (κ1) is 18.1. The molecule has 6 heteroatoms. The van der Waals surface area contributed by atoms with Crippen LogP contribution in [0.4, 0.5) is 5.82 Å². The van der Waals surface area contributed by atoms with E-state index in [0.29, 0.717) is 40.4 Å². The van der Waals surface area contributed by atoms with Crippen molar-refractivity contribution in [1.82, 2.24) is 4.98 Å². The fraction of sp³-hybridized carbons (Fsp3) is 0.333. The molecule has 0 fully saturated rings. The summed E-state index contributed by atoms with van der Waals surface area (Å²) in [4.78, 5) is 16.7. The second-order valence-corrected chi connectivity index (χ2v) is 6.22. The largest absolute Gasteiger partial charge is 0.493 e. The number of methoxy groups -OCH3 is 1. The van der Waals surface area contributed by atoms with E-state index in [-0.39, 0.29) is 5.91 Å². The van der Waals surface area contributed by atoms with Gasteiger partial charge in [-0.3, -0.25) is 4.79 Å². The van der Waals surface area contributed by atoms with Gasteiger partial charge < -0.3 is 14.8 Å². The van der Waals surface area contributed by atoms with Crippen molar-refractivity contribution in [2.24, 2.45) is 5.92 Å². The Balaban J connectivity index is 2.24. The number of halogens is 1. The molecule has 1 aromatic heterocycles. The van der Waals surface area contributed by atoms with E-state index < -0.39 is 0 Å². The minimum Gasteiger partial charge on any atom is -0.493 e. The SMILES string of the molecule is COc1cc(C(=O)Nc2cccc(C)n2)cc(Cl)c1OCC(C)C. The zero-order chi connectivity index (χ0) is 17.7. The molecule has 5 nitrogen and oxygen atoms in total. The topological polar surface area (TPSA) is 60.5 Å². The summed E-state index contributed by atoms with van der Waals surface area (Å²) < 4.78 is 11.0. The second-order valence-electron chi connectivity index (χ2n) is 5.81. The molecule has 1 aromatic carbocycles. The molecule has 0 aliphatic rings. The highest BCUT2D eigenvalue weighted by molar-refractivity contribution is 6.32. The van der Waals surface area contributed by atoms with Gasteiger partial charge in [0.15, 0.2) is 11.5 Å². The van der Waals surface area contributed by atoms with E-state index in [4.69, 9.17) is 21.1 Å². The maximum Gasteiger partial charge on any atom is 0.257 e. The van der Waals surface area contributed by atoms with Crippen molar-refractivity contribution in [2.75, 3.05) is 19.0 Å². The van der Waals surface area contributed by atoms with Crippen molar-refractivity contribution in [2.45, 2.75) is 20.8 Å². The lowest BCUT2D eigenvalue weighted by molar-refractivity contribution is 0.102. The summed E-state index contributed by atoms with van der Waals surface area (Å²) in [5.74, 6) is 1.38. The van der Waals surface area contributed by atoms with Gasteiger partial charge in [0.25, 0.3) is 5.91 Å². The Kier molecular flexibility index (Phi) is 6.04. The highest BCUT2D eigenvalue weighted by Crippen LogP contribution is 2.36. The van der Waals surface area contributed by atoms with Crippen LogP contribution in [0.15, 0.2) is 30.3 Å². The van der Waals surface area contributed by atoms with Gasteiger partial charge >= 0.3 is 0 Å². The fourth-order valence-electron chi connectivity index (χ4n) is 2.04. The molecular formula is C18H21ClN2O3. The monoisotopic (exact) mass is 348 g/mol. The Bertz CT molecular complexity index is 732. The van der Waals surface area contributed by atoms with Crippen LogP contribution < -0.4 is 14.8 Å². The molecule has 0 saturated heterocycles. The highest BCUT2D eigenvalue weighted by Gasteiger charge is 2.17. The number of ether oxygens (including phenoxy) is 2. The minimum atomic E-state index is -0.316. The van der Waals surface area contributed by atoms with Crippen molar-refractivity contribution in [3.8, 4) is 11.5 Å². The number of anilines is 1. The predicted octanol–water partition coefficient (Wildman–Crippen LogP) is 4.34. The van der Waals surface area contributed by atoms with Gasteiger partial charge in [0.1, 0.15) is 5.82 Å². The molecule has 0 atom stereocenters. The first-order valence-corrected chi connectivity index (χ1v) is 8.04. The molecule has 0 saturated carbocycles. The van der Waals surface area contributed by atoms with E-state index in [1.165, 1.54) is 7.11 Å². The molecule has 0 radical (unpaired) electrons. The smallest absolute Gasteiger partial charge is 0.257 e. The van der Waals surface area contributed by atoms with Crippen LogP contribution >= 0.6 is 11.6 Å². The molecular weight excluding hydrogens is 328 g/mol. The second kappa shape index (κ2) is 8.02. The van der Waals surface area contributed by atoms with Crippen molar-refractivity contribution in [3.63, 3.8) is 0 Å². The van der Waals surface area contributed by atoms with Crippen molar-refractivity contribution in [1.29, 1.82) is 0 Å². The summed E-state index contributed by atoms with van der Waals surface area (Å²) in [7, 11) is 1.51. The van der Waals surface area contributed by atoms with Gasteiger partial charge in [-0.05, 0) is 37.1 Å². The van der Waals surface area contributed by atoms with Crippen molar-refractivity contribution in [3.05, 3.63) is 46.6 Å². The standard InChI is InChI=1S/C18H21ClN2O3/c1-11(2)10-24-17-14(19)8-13(9-15(17)23-4)18(22)21-16-7-5-6-12(3)20-16/h5-9,11H,10H2,1-4H3,(H,20,21,22). The number of nitrogens with one attached hydrogen (secondary N) is 1. The number of carbonyl (C=O) groups excluding carboxylic acids is 1. The number of amides is 1.